The number of carbonyl (C=O) groups excluding carboxylic acids is 1. The number of hydrogen-bond acceptors (Lipinski definition) is 3. The maximum Gasteiger partial charge on any atom is 0.194 e. The van der Waals surface area contributed by atoms with E-state index in [1.807, 2.05) is 44.2 Å². The van der Waals surface area contributed by atoms with Crippen LogP contribution in [0.4, 0.5) is 0 Å². The highest BCUT2D eigenvalue weighted by Crippen LogP contribution is 2.21. The third kappa shape index (κ3) is 2.49. The fourth-order valence-corrected chi connectivity index (χ4v) is 1.74. The van der Waals surface area contributed by atoms with Crippen LogP contribution in [-0.4, -0.2) is 17.9 Å². The minimum absolute atomic E-state index is 0.00537. The van der Waals surface area contributed by atoms with E-state index in [9.17, 15) is 4.79 Å². The summed E-state index contributed by atoms with van der Waals surface area (Å²) in [5.41, 5.74) is 1.21. The number of carbonyl (C=O) groups is 1. The third-order valence-corrected chi connectivity index (χ3v) is 2.75. The molecule has 1 aromatic rings. The summed E-state index contributed by atoms with van der Waals surface area (Å²) in [4.78, 5) is 12.2. The summed E-state index contributed by atoms with van der Waals surface area (Å²) in [6.07, 6.45) is 0. The van der Waals surface area contributed by atoms with Gasteiger partial charge in [-0.05, 0) is 20.8 Å². The number of nitrogens with one attached hydrogen (secondary N) is 1. The molecule has 2 rings (SSSR count). The lowest BCUT2D eigenvalue weighted by Gasteiger charge is -2.14. The van der Waals surface area contributed by atoms with Gasteiger partial charge in [0, 0.05) is 5.56 Å². The Hall–Kier alpha value is -1.77. The molecule has 1 aromatic carbocycles. The van der Waals surface area contributed by atoms with Crippen LogP contribution in [0.3, 0.4) is 0 Å². The number of ketones is 1. The number of Topliss-reactive ketones (excluding diaryl/α,β-unsaturated/α-hetero) is 1. The van der Waals surface area contributed by atoms with Crippen LogP contribution in [0.2, 0.25) is 0 Å². The van der Waals surface area contributed by atoms with Gasteiger partial charge in [-0.25, -0.2) is 0 Å². The van der Waals surface area contributed by atoms with Crippen LogP contribution in [0.5, 0.6) is 0 Å². The van der Waals surface area contributed by atoms with Crippen molar-refractivity contribution in [1.29, 1.82) is 0 Å². The van der Waals surface area contributed by atoms with Crippen LogP contribution in [-0.2, 0) is 4.74 Å². The van der Waals surface area contributed by atoms with Crippen molar-refractivity contribution in [2.24, 2.45) is 0 Å². The molecule has 1 aliphatic heterocycles. The maximum absolute atomic E-state index is 12.2. The first-order chi connectivity index (χ1) is 7.99. The van der Waals surface area contributed by atoms with Gasteiger partial charge in [0.25, 0.3) is 0 Å². The topological polar surface area (TPSA) is 38.3 Å². The standard InChI is InChI=1S/C14H17NO2/c1-10(13-15-14(2,3)9-17-13)12(16)11-7-5-4-6-8-11/h4-8,15H,9H2,1-3H3/b13-10+. The van der Waals surface area contributed by atoms with E-state index >= 15 is 0 Å². The zero-order chi connectivity index (χ0) is 12.5. The number of benzene rings is 1. The summed E-state index contributed by atoms with van der Waals surface area (Å²) in [6.45, 7) is 6.46. The fourth-order valence-electron chi connectivity index (χ4n) is 1.74. The molecule has 0 spiro atoms. The van der Waals surface area contributed by atoms with Gasteiger partial charge in [-0.1, -0.05) is 30.3 Å². The third-order valence-electron chi connectivity index (χ3n) is 2.75. The molecule has 0 aromatic heterocycles. The lowest BCUT2D eigenvalue weighted by molar-refractivity contribution is 0.102. The second kappa shape index (κ2) is 4.24. The molecule has 0 radical (unpaired) electrons. The number of allylic oxidation sites excluding steroid dienone is 1. The molecule has 0 saturated carbocycles. The van der Waals surface area contributed by atoms with Gasteiger partial charge in [-0.15, -0.1) is 0 Å². The number of rotatable bonds is 2. The van der Waals surface area contributed by atoms with Crippen molar-refractivity contribution in [3.05, 3.63) is 47.4 Å². The molecule has 1 N–H and O–H groups in total. The van der Waals surface area contributed by atoms with Gasteiger partial charge in [0.05, 0.1) is 11.1 Å². The van der Waals surface area contributed by atoms with Crippen molar-refractivity contribution in [1.82, 2.24) is 5.32 Å². The SMILES string of the molecule is C/C(C(=O)c1ccccc1)=C1/NC(C)(C)CO1. The second-order valence-electron chi connectivity index (χ2n) is 4.95. The molecule has 1 fully saturated rings. The summed E-state index contributed by atoms with van der Waals surface area (Å²) in [5.74, 6) is 0.606. The Labute approximate surface area is 101 Å². The Morgan fingerprint density at radius 1 is 1.29 bits per heavy atom. The van der Waals surface area contributed by atoms with E-state index in [4.69, 9.17) is 4.74 Å². The molecule has 1 aliphatic rings. The van der Waals surface area contributed by atoms with Crippen molar-refractivity contribution in [2.45, 2.75) is 26.3 Å². The van der Waals surface area contributed by atoms with E-state index in [0.717, 1.165) is 0 Å². The van der Waals surface area contributed by atoms with E-state index in [-0.39, 0.29) is 11.3 Å². The molecule has 3 nitrogen and oxygen atoms in total. The largest absolute Gasteiger partial charge is 0.476 e. The Morgan fingerprint density at radius 3 is 2.47 bits per heavy atom. The summed E-state index contributed by atoms with van der Waals surface area (Å²) in [5, 5.41) is 3.22. The Balaban J connectivity index is 2.24. The highest BCUT2D eigenvalue weighted by Gasteiger charge is 2.29. The molecule has 0 bridgehead atoms. The molecule has 17 heavy (non-hydrogen) atoms. The van der Waals surface area contributed by atoms with Crippen LogP contribution < -0.4 is 5.32 Å². The predicted molar refractivity (Wildman–Crippen MR) is 66.6 cm³/mol. The van der Waals surface area contributed by atoms with Crippen LogP contribution in [0, 0.1) is 0 Å². The molecule has 0 amide bonds. The van der Waals surface area contributed by atoms with Crippen molar-refractivity contribution >= 4 is 5.78 Å². The Kier molecular flexibility index (Phi) is 2.92. The van der Waals surface area contributed by atoms with Gasteiger partial charge in [0.15, 0.2) is 11.7 Å². The zero-order valence-electron chi connectivity index (χ0n) is 10.4. The summed E-state index contributed by atoms with van der Waals surface area (Å²) < 4.78 is 5.52. The van der Waals surface area contributed by atoms with E-state index < -0.39 is 0 Å². The van der Waals surface area contributed by atoms with Crippen molar-refractivity contribution in [2.75, 3.05) is 6.61 Å². The van der Waals surface area contributed by atoms with Crippen LogP contribution in [0.15, 0.2) is 41.8 Å². The number of ether oxygens (including phenoxy) is 1. The average Bonchev–Trinajstić information content (AvgIpc) is 2.69. The molecule has 3 heteroatoms. The van der Waals surface area contributed by atoms with E-state index in [1.165, 1.54) is 0 Å². The maximum atomic E-state index is 12.2. The monoisotopic (exact) mass is 231 g/mol. The first-order valence-electron chi connectivity index (χ1n) is 5.71. The van der Waals surface area contributed by atoms with Crippen molar-refractivity contribution in [3.63, 3.8) is 0 Å². The highest BCUT2D eigenvalue weighted by atomic mass is 16.5. The van der Waals surface area contributed by atoms with Gasteiger partial charge in [-0.3, -0.25) is 4.79 Å². The zero-order valence-corrected chi connectivity index (χ0v) is 10.4. The minimum atomic E-state index is -0.104. The van der Waals surface area contributed by atoms with Crippen molar-refractivity contribution < 1.29 is 9.53 Å². The van der Waals surface area contributed by atoms with Crippen molar-refractivity contribution in [3.8, 4) is 0 Å². The summed E-state index contributed by atoms with van der Waals surface area (Å²) in [7, 11) is 0. The smallest absolute Gasteiger partial charge is 0.194 e. The normalized spacial score (nSPS) is 20.4. The Bertz CT molecular complexity index is 460. The molecule has 0 aliphatic carbocycles. The quantitative estimate of drug-likeness (QED) is 0.627. The summed E-state index contributed by atoms with van der Waals surface area (Å²) >= 11 is 0. The van der Waals surface area contributed by atoms with Gasteiger partial charge < -0.3 is 10.1 Å². The molecule has 0 unspecified atom stereocenters. The minimum Gasteiger partial charge on any atom is -0.476 e. The first kappa shape index (κ1) is 11.7. The molecule has 1 saturated heterocycles. The second-order valence-corrected chi connectivity index (χ2v) is 4.95. The first-order valence-corrected chi connectivity index (χ1v) is 5.71. The van der Waals surface area contributed by atoms with Gasteiger partial charge >= 0.3 is 0 Å². The van der Waals surface area contributed by atoms with Crippen LogP contribution in [0.1, 0.15) is 31.1 Å². The predicted octanol–water partition coefficient (Wildman–Crippen LogP) is 2.50. The molecular formula is C14H17NO2. The Morgan fingerprint density at radius 2 is 1.94 bits per heavy atom. The summed E-state index contributed by atoms with van der Waals surface area (Å²) in [6, 6.07) is 9.24. The van der Waals surface area contributed by atoms with Crippen LogP contribution in [0.25, 0.3) is 0 Å². The van der Waals surface area contributed by atoms with E-state index in [1.54, 1.807) is 6.92 Å². The lowest BCUT2D eigenvalue weighted by Crippen LogP contribution is -2.34. The fraction of sp³-hybridized carbons (Fsp3) is 0.357. The number of hydrogen-bond donors (Lipinski definition) is 1. The van der Waals surface area contributed by atoms with Gasteiger partial charge in [0.1, 0.15) is 6.61 Å². The molecule has 90 valence electrons. The molecule has 0 atom stereocenters. The highest BCUT2D eigenvalue weighted by molar-refractivity contribution is 6.08. The van der Waals surface area contributed by atoms with E-state index in [2.05, 4.69) is 5.32 Å². The van der Waals surface area contributed by atoms with Gasteiger partial charge in [-0.2, -0.15) is 0 Å². The van der Waals surface area contributed by atoms with Gasteiger partial charge in [0.2, 0.25) is 0 Å². The molecule has 1 heterocycles. The molecular weight excluding hydrogens is 214 g/mol. The average molecular weight is 231 g/mol. The van der Waals surface area contributed by atoms with Crippen LogP contribution >= 0.6 is 0 Å². The lowest BCUT2D eigenvalue weighted by atomic mass is 10.0. The van der Waals surface area contributed by atoms with E-state index in [0.29, 0.717) is 23.6 Å².